The van der Waals surface area contributed by atoms with Crippen molar-refractivity contribution in [2.45, 2.75) is 45.4 Å². The van der Waals surface area contributed by atoms with Gasteiger partial charge >= 0.3 is 5.97 Å². The van der Waals surface area contributed by atoms with Crippen molar-refractivity contribution in [3.63, 3.8) is 0 Å². The van der Waals surface area contributed by atoms with E-state index >= 15 is 0 Å². The van der Waals surface area contributed by atoms with Gasteiger partial charge in [0.15, 0.2) is 0 Å². The smallest absolute Gasteiger partial charge is 0.326 e. The molecule has 1 heterocycles. The molecule has 2 atom stereocenters. The van der Waals surface area contributed by atoms with Crippen LogP contribution in [-0.4, -0.2) is 27.7 Å². The van der Waals surface area contributed by atoms with E-state index in [0.717, 1.165) is 5.56 Å². The maximum absolute atomic E-state index is 11.7. The summed E-state index contributed by atoms with van der Waals surface area (Å²) in [6, 6.07) is 2.41. The second kappa shape index (κ2) is 5.46. The van der Waals surface area contributed by atoms with Gasteiger partial charge in [-0.15, -0.1) is 0 Å². The van der Waals surface area contributed by atoms with Gasteiger partial charge in [0.05, 0.1) is 5.69 Å². The molecule has 0 bridgehead atoms. The molecule has 0 saturated carbocycles. The maximum Gasteiger partial charge on any atom is 0.326 e. The second-order valence-corrected chi connectivity index (χ2v) is 5.21. The third kappa shape index (κ3) is 3.78. The van der Waals surface area contributed by atoms with Gasteiger partial charge in [-0.1, -0.05) is 6.07 Å². The highest BCUT2D eigenvalue weighted by atomic mass is 16.6. The molecular formula is C13H20N2O3. The number of nitrogens with two attached hydrogens (primary N) is 1. The Hall–Kier alpha value is -1.46. The average Bonchev–Trinajstić information content (AvgIpc) is 2.25. The molecule has 0 aliphatic heterocycles. The van der Waals surface area contributed by atoms with Crippen molar-refractivity contribution in [3.05, 3.63) is 29.6 Å². The molecule has 2 unspecified atom stereocenters. The molecule has 0 radical (unpaired) electrons. The Morgan fingerprint density at radius 3 is 2.61 bits per heavy atom. The second-order valence-electron chi connectivity index (χ2n) is 5.21. The van der Waals surface area contributed by atoms with Gasteiger partial charge in [0.1, 0.15) is 17.7 Å². The topological polar surface area (TPSA) is 85.4 Å². The molecule has 1 aromatic rings. The van der Waals surface area contributed by atoms with E-state index in [2.05, 4.69) is 4.98 Å². The van der Waals surface area contributed by atoms with Gasteiger partial charge in [0.2, 0.25) is 0 Å². The molecule has 1 rings (SSSR count). The van der Waals surface area contributed by atoms with Crippen LogP contribution in [0.5, 0.6) is 0 Å². The zero-order valence-electron chi connectivity index (χ0n) is 11.2. The molecule has 0 fully saturated rings. The number of ether oxygens (including phenoxy) is 1. The van der Waals surface area contributed by atoms with Crippen LogP contribution in [0.4, 0.5) is 0 Å². The monoisotopic (exact) mass is 252 g/mol. The first-order valence-corrected chi connectivity index (χ1v) is 5.80. The zero-order chi connectivity index (χ0) is 13.9. The van der Waals surface area contributed by atoms with Crippen LogP contribution < -0.4 is 5.73 Å². The van der Waals surface area contributed by atoms with Crippen molar-refractivity contribution in [2.24, 2.45) is 5.73 Å². The molecule has 5 heteroatoms. The summed E-state index contributed by atoms with van der Waals surface area (Å²) in [5.74, 6) is -0.639. The van der Waals surface area contributed by atoms with Gasteiger partial charge in [-0.3, -0.25) is 9.78 Å². The fraction of sp³-hybridized carbons (Fsp3) is 0.538. The van der Waals surface area contributed by atoms with E-state index in [9.17, 15) is 9.90 Å². The summed E-state index contributed by atoms with van der Waals surface area (Å²) in [6.07, 6.45) is 0.383. The van der Waals surface area contributed by atoms with Crippen LogP contribution in [0.15, 0.2) is 18.3 Å². The number of esters is 1. The Morgan fingerprint density at radius 1 is 1.50 bits per heavy atom. The molecule has 0 aliphatic carbocycles. The largest absolute Gasteiger partial charge is 0.459 e. The lowest BCUT2D eigenvalue weighted by atomic mass is 10.0. The molecule has 0 amide bonds. The van der Waals surface area contributed by atoms with Gasteiger partial charge in [-0.25, -0.2) is 0 Å². The summed E-state index contributed by atoms with van der Waals surface area (Å²) in [5.41, 5.74) is 6.25. The third-order valence-corrected chi connectivity index (χ3v) is 2.35. The van der Waals surface area contributed by atoms with Crippen LogP contribution in [0.25, 0.3) is 0 Å². The highest BCUT2D eigenvalue weighted by Gasteiger charge is 2.30. The van der Waals surface area contributed by atoms with E-state index in [1.165, 1.54) is 0 Å². The minimum absolute atomic E-state index is 0.399. The minimum Gasteiger partial charge on any atom is -0.459 e. The summed E-state index contributed by atoms with van der Waals surface area (Å²) in [7, 11) is 0. The van der Waals surface area contributed by atoms with E-state index in [4.69, 9.17) is 10.5 Å². The molecule has 1 aromatic heterocycles. The summed E-state index contributed by atoms with van der Waals surface area (Å²) < 4.78 is 5.13. The first-order valence-electron chi connectivity index (χ1n) is 5.80. The van der Waals surface area contributed by atoms with Gasteiger partial charge in [-0.2, -0.15) is 0 Å². The van der Waals surface area contributed by atoms with Crippen molar-refractivity contribution < 1.29 is 14.6 Å². The summed E-state index contributed by atoms with van der Waals surface area (Å²) >= 11 is 0. The Morgan fingerprint density at radius 2 is 2.11 bits per heavy atom. The van der Waals surface area contributed by atoms with Crippen LogP contribution in [0.2, 0.25) is 0 Å². The van der Waals surface area contributed by atoms with E-state index < -0.39 is 23.7 Å². The van der Waals surface area contributed by atoms with Crippen molar-refractivity contribution >= 4 is 5.97 Å². The molecule has 0 spiro atoms. The van der Waals surface area contributed by atoms with Gasteiger partial charge in [0.25, 0.3) is 0 Å². The third-order valence-electron chi connectivity index (χ3n) is 2.35. The molecule has 100 valence electrons. The lowest BCUT2D eigenvalue weighted by Crippen LogP contribution is -2.42. The number of rotatable bonds is 3. The number of carbonyl (C=O) groups excluding carboxylic acids is 1. The van der Waals surface area contributed by atoms with E-state index in [0.29, 0.717) is 5.69 Å². The molecule has 0 saturated heterocycles. The average molecular weight is 252 g/mol. The van der Waals surface area contributed by atoms with E-state index in [1.807, 2.05) is 0 Å². The number of aromatic nitrogens is 1. The fourth-order valence-corrected chi connectivity index (χ4v) is 1.48. The van der Waals surface area contributed by atoms with Crippen LogP contribution >= 0.6 is 0 Å². The first-order chi connectivity index (χ1) is 8.22. The molecule has 18 heavy (non-hydrogen) atoms. The van der Waals surface area contributed by atoms with Gasteiger partial charge in [-0.05, 0) is 39.3 Å². The van der Waals surface area contributed by atoms with Gasteiger partial charge in [0, 0.05) is 6.20 Å². The van der Waals surface area contributed by atoms with Crippen LogP contribution in [-0.2, 0) is 9.53 Å². The van der Waals surface area contributed by atoms with E-state index in [1.54, 1.807) is 46.0 Å². The van der Waals surface area contributed by atoms with Crippen molar-refractivity contribution in [3.8, 4) is 0 Å². The predicted octanol–water partition coefficient (Wildman–Crippen LogP) is 1.09. The standard InChI is InChI=1S/C13H20N2O3/c1-8-6-5-7-15-10(8)11(16)9(14)12(17)18-13(2,3)4/h5-7,9,11,16H,14H2,1-4H3. The number of aliphatic hydroxyl groups excluding tert-OH is 1. The van der Waals surface area contributed by atoms with Crippen molar-refractivity contribution in [1.82, 2.24) is 4.98 Å². The minimum atomic E-state index is -1.17. The maximum atomic E-state index is 11.7. The lowest BCUT2D eigenvalue weighted by molar-refractivity contribution is -0.159. The number of hydrogen-bond donors (Lipinski definition) is 2. The lowest BCUT2D eigenvalue weighted by Gasteiger charge is -2.24. The van der Waals surface area contributed by atoms with Crippen LogP contribution in [0.3, 0.4) is 0 Å². The molecule has 0 aliphatic rings. The molecule has 5 nitrogen and oxygen atoms in total. The molecular weight excluding hydrogens is 232 g/mol. The van der Waals surface area contributed by atoms with Crippen LogP contribution in [0.1, 0.15) is 38.1 Å². The summed E-state index contributed by atoms with van der Waals surface area (Å²) in [6.45, 7) is 7.04. The highest BCUT2D eigenvalue weighted by Crippen LogP contribution is 2.19. The quantitative estimate of drug-likeness (QED) is 0.787. The van der Waals surface area contributed by atoms with Gasteiger partial charge < -0.3 is 15.6 Å². The Kier molecular flexibility index (Phi) is 4.43. The Labute approximate surface area is 107 Å². The number of carbonyl (C=O) groups is 1. The SMILES string of the molecule is Cc1cccnc1C(O)C(N)C(=O)OC(C)(C)C. The fourth-order valence-electron chi connectivity index (χ4n) is 1.48. The zero-order valence-corrected chi connectivity index (χ0v) is 11.2. The number of nitrogens with zero attached hydrogens (tertiary/aromatic N) is 1. The number of aliphatic hydroxyl groups is 1. The van der Waals surface area contributed by atoms with Crippen molar-refractivity contribution in [1.29, 1.82) is 0 Å². The van der Waals surface area contributed by atoms with Crippen molar-refractivity contribution in [2.75, 3.05) is 0 Å². The number of pyridine rings is 1. The number of aryl methyl sites for hydroxylation is 1. The predicted molar refractivity (Wildman–Crippen MR) is 67.8 cm³/mol. The summed E-state index contributed by atoms with van der Waals surface area (Å²) in [4.78, 5) is 15.8. The molecule has 0 aromatic carbocycles. The van der Waals surface area contributed by atoms with E-state index in [-0.39, 0.29) is 0 Å². The first kappa shape index (κ1) is 14.6. The Bertz CT molecular complexity index is 426. The van der Waals surface area contributed by atoms with Crippen LogP contribution in [0, 0.1) is 6.92 Å². The summed E-state index contributed by atoms with van der Waals surface area (Å²) in [5, 5.41) is 10.0. The number of hydrogen-bond acceptors (Lipinski definition) is 5. The normalized spacial score (nSPS) is 15.0. The Balaban J connectivity index is 2.82. The highest BCUT2D eigenvalue weighted by molar-refractivity contribution is 5.76. The molecule has 3 N–H and O–H groups in total.